The molecular formula is C63H43N. The Balaban J connectivity index is 1.09. The van der Waals surface area contributed by atoms with E-state index in [4.69, 9.17) is 0 Å². The number of benzene rings is 11. The molecule has 0 unspecified atom stereocenters. The second kappa shape index (κ2) is 15.6. The van der Waals surface area contributed by atoms with E-state index in [1.165, 1.54) is 88.3 Å². The van der Waals surface area contributed by atoms with Crippen LogP contribution in [0.3, 0.4) is 0 Å². The van der Waals surface area contributed by atoms with Crippen molar-refractivity contribution in [3.05, 3.63) is 283 Å². The molecule has 0 aliphatic heterocycles. The highest BCUT2D eigenvalue weighted by Crippen LogP contribution is 2.57. The standard InChI is InChI=1S/C63H43N/c1-5-19-44(20-6-1)54-39-37-51(42-60(54)45-21-7-2-8-22-45)64(50-35-33-46(34-36-50)59-41-47-23-13-14-28-53(47)55-29-15-16-30-56(55)59)52-38-40-58-57-31-17-18-32-61(57)63(62(58)43-52,48-24-9-3-10-25-48)49-26-11-4-12-27-49/h1-43H. The molecule has 1 nitrogen and oxygen atoms in total. The summed E-state index contributed by atoms with van der Waals surface area (Å²) in [5, 5.41) is 5.05. The zero-order chi connectivity index (χ0) is 42.5. The summed E-state index contributed by atoms with van der Waals surface area (Å²) in [5.74, 6) is 0. The molecule has 0 N–H and O–H groups in total. The second-order valence-corrected chi connectivity index (χ2v) is 16.8. The van der Waals surface area contributed by atoms with Gasteiger partial charge in [0.1, 0.15) is 0 Å². The largest absolute Gasteiger partial charge is 0.310 e. The lowest BCUT2D eigenvalue weighted by Gasteiger charge is -2.35. The minimum absolute atomic E-state index is 0.524. The van der Waals surface area contributed by atoms with E-state index in [0.29, 0.717) is 0 Å². The lowest BCUT2D eigenvalue weighted by atomic mass is 9.67. The number of hydrogen-bond donors (Lipinski definition) is 0. The number of fused-ring (bicyclic) bond motifs is 6. The SMILES string of the molecule is c1ccc(-c2ccc(N(c3ccc(-c4cc5ccccc5c5ccccc45)cc3)c3ccc4c(c3)C(c3ccccc3)(c3ccccc3)c3ccccc3-4)cc2-c2ccccc2)cc1. The molecule has 300 valence electrons. The third-order valence-electron chi connectivity index (χ3n) is 13.3. The molecule has 0 spiro atoms. The van der Waals surface area contributed by atoms with Gasteiger partial charge in [0.15, 0.2) is 0 Å². The van der Waals surface area contributed by atoms with Crippen LogP contribution in [0.5, 0.6) is 0 Å². The molecule has 1 heteroatoms. The third-order valence-corrected chi connectivity index (χ3v) is 13.3. The maximum atomic E-state index is 2.47. The third kappa shape index (κ3) is 6.08. The smallest absolute Gasteiger partial charge is 0.0714 e. The second-order valence-electron chi connectivity index (χ2n) is 16.8. The van der Waals surface area contributed by atoms with Crippen molar-refractivity contribution >= 4 is 38.6 Å². The molecule has 11 aromatic carbocycles. The van der Waals surface area contributed by atoms with Crippen molar-refractivity contribution in [3.63, 3.8) is 0 Å². The van der Waals surface area contributed by atoms with Gasteiger partial charge in [-0.2, -0.15) is 0 Å². The fraction of sp³-hybridized carbons (Fsp3) is 0.0159. The van der Waals surface area contributed by atoms with Gasteiger partial charge in [0.05, 0.1) is 5.41 Å². The predicted molar refractivity (Wildman–Crippen MR) is 270 cm³/mol. The molecule has 11 aromatic rings. The molecule has 0 saturated carbocycles. The molecule has 0 bridgehead atoms. The van der Waals surface area contributed by atoms with Gasteiger partial charge in [0.25, 0.3) is 0 Å². The van der Waals surface area contributed by atoms with E-state index >= 15 is 0 Å². The van der Waals surface area contributed by atoms with Crippen molar-refractivity contribution in [2.24, 2.45) is 0 Å². The van der Waals surface area contributed by atoms with E-state index < -0.39 is 5.41 Å². The predicted octanol–water partition coefficient (Wildman–Crippen LogP) is 16.8. The van der Waals surface area contributed by atoms with Crippen LogP contribution < -0.4 is 4.90 Å². The topological polar surface area (TPSA) is 3.24 Å². The molecule has 12 rings (SSSR count). The van der Waals surface area contributed by atoms with Crippen molar-refractivity contribution in [2.75, 3.05) is 4.90 Å². The minimum atomic E-state index is -0.524. The van der Waals surface area contributed by atoms with E-state index in [0.717, 1.165) is 17.1 Å². The van der Waals surface area contributed by atoms with Gasteiger partial charge < -0.3 is 4.90 Å². The highest BCUT2D eigenvalue weighted by Gasteiger charge is 2.46. The van der Waals surface area contributed by atoms with Crippen LogP contribution in [-0.4, -0.2) is 0 Å². The first-order valence-corrected chi connectivity index (χ1v) is 22.2. The lowest BCUT2D eigenvalue weighted by molar-refractivity contribution is 0.768. The summed E-state index contributed by atoms with van der Waals surface area (Å²) in [6, 6.07) is 95.9. The highest BCUT2D eigenvalue weighted by atomic mass is 15.1. The fourth-order valence-electron chi connectivity index (χ4n) is 10.5. The summed E-state index contributed by atoms with van der Waals surface area (Å²) in [5.41, 5.74) is 17.5. The number of rotatable bonds is 8. The Bertz CT molecular complexity index is 3430. The van der Waals surface area contributed by atoms with Crippen LogP contribution >= 0.6 is 0 Å². The lowest BCUT2D eigenvalue weighted by Crippen LogP contribution is -2.28. The Hall–Kier alpha value is -8.26. The monoisotopic (exact) mass is 813 g/mol. The van der Waals surface area contributed by atoms with Gasteiger partial charge in [-0.05, 0) is 131 Å². The molecule has 0 atom stereocenters. The average Bonchev–Trinajstić information content (AvgIpc) is 3.68. The van der Waals surface area contributed by atoms with E-state index in [1.54, 1.807) is 0 Å². The van der Waals surface area contributed by atoms with E-state index in [9.17, 15) is 0 Å². The van der Waals surface area contributed by atoms with Gasteiger partial charge in [0.2, 0.25) is 0 Å². The average molecular weight is 814 g/mol. The molecule has 1 aliphatic carbocycles. The summed E-state index contributed by atoms with van der Waals surface area (Å²) >= 11 is 0. The molecule has 1 aliphatic rings. The Morgan fingerprint density at radius 2 is 0.719 bits per heavy atom. The van der Waals surface area contributed by atoms with Crippen molar-refractivity contribution < 1.29 is 0 Å². The summed E-state index contributed by atoms with van der Waals surface area (Å²) in [4.78, 5) is 2.45. The maximum Gasteiger partial charge on any atom is 0.0714 e. The zero-order valence-corrected chi connectivity index (χ0v) is 35.3. The quantitative estimate of drug-likeness (QED) is 0.138. The van der Waals surface area contributed by atoms with Crippen molar-refractivity contribution in [1.82, 2.24) is 0 Å². The number of nitrogens with zero attached hydrogens (tertiary/aromatic N) is 1. The molecule has 0 radical (unpaired) electrons. The molecule has 0 heterocycles. The minimum Gasteiger partial charge on any atom is -0.310 e. The summed E-state index contributed by atoms with van der Waals surface area (Å²) in [6.45, 7) is 0. The molecule has 0 aromatic heterocycles. The fourth-order valence-corrected chi connectivity index (χ4v) is 10.5. The van der Waals surface area contributed by atoms with Gasteiger partial charge in [-0.1, -0.05) is 218 Å². The van der Waals surface area contributed by atoms with Gasteiger partial charge in [-0.3, -0.25) is 0 Å². The molecule has 64 heavy (non-hydrogen) atoms. The molecule has 0 fully saturated rings. The first-order chi connectivity index (χ1) is 31.8. The van der Waals surface area contributed by atoms with Crippen LogP contribution in [-0.2, 0) is 5.41 Å². The molecule has 0 saturated heterocycles. The van der Waals surface area contributed by atoms with Crippen LogP contribution in [0.15, 0.2) is 261 Å². The number of anilines is 3. The summed E-state index contributed by atoms with van der Waals surface area (Å²) in [6.07, 6.45) is 0. The van der Waals surface area contributed by atoms with Crippen LogP contribution in [0.4, 0.5) is 17.1 Å². The summed E-state index contributed by atoms with van der Waals surface area (Å²) < 4.78 is 0. The molecule has 0 amide bonds. The van der Waals surface area contributed by atoms with Crippen molar-refractivity contribution in [3.8, 4) is 44.5 Å². The summed E-state index contributed by atoms with van der Waals surface area (Å²) in [7, 11) is 0. The van der Waals surface area contributed by atoms with Crippen molar-refractivity contribution in [2.45, 2.75) is 5.41 Å². The molecular weight excluding hydrogens is 771 g/mol. The maximum absolute atomic E-state index is 2.47. The van der Waals surface area contributed by atoms with Crippen LogP contribution in [0, 0.1) is 0 Å². The first kappa shape index (κ1) is 37.5. The highest BCUT2D eigenvalue weighted by molar-refractivity contribution is 6.13. The van der Waals surface area contributed by atoms with E-state index in [1.807, 2.05) is 0 Å². The zero-order valence-electron chi connectivity index (χ0n) is 35.3. The van der Waals surface area contributed by atoms with Gasteiger partial charge in [-0.15, -0.1) is 0 Å². The van der Waals surface area contributed by atoms with E-state index in [2.05, 4.69) is 266 Å². The van der Waals surface area contributed by atoms with Crippen LogP contribution in [0.25, 0.3) is 66.1 Å². The van der Waals surface area contributed by atoms with Gasteiger partial charge >= 0.3 is 0 Å². The van der Waals surface area contributed by atoms with Crippen LogP contribution in [0.2, 0.25) is 0 Å². The first-order valence-electron chi connectivity index (χ1n) is 22.2. The van der Waals surface area contributed by atoms with E-state index in [-0.39, 0.29) is 0 Å². The Morgan fingerprint density at radius 1 is 0.250 bits per heavy atom. The van der Waals surface area contributed by atoms with Crippen LogP contribution in [0.1, 0.15) is 22.3 Å². The number of hydrogen-bond acceptors (Lipinski definition) is 1. The Labute approximate surface area is 374 Å². The van der Waals surface area contributed by atoms with Gasteiger partial charge in [0, 0.05) is 17.1 Å². The normalized spacial score (nSPS) is 12.5. The van der Waals surface area contributed by atoms with Crippen molar-refractivity contribution in [1.29, 1.82) is 0 Å². The Morgan fingerprint density at radius 3 is 1.39 bits per heavy atom. The van der Waals surface area contributed by atoms with Gasteiger partial charge in [-0.25, -0.2) is 0 Å². The Kier molecular flexibility index (Phi) is 9.13.